The summed E-state index contributed by atoms with van der Waals surface area (Å²) >= 11 is 0. The van der Waals surface area contributed by atoms with E-state index < -0.39 is 0 Å². The fourth-order valence-corrected chi connectivity index (χ4v) is 4.05. The molecule has 1 aromatic carbocycles. The Morgan fingerprint density at radius 1 is 1.22 bits per heavy atom. The fourth-order valence-electron chi connectivity index (χ4n) is 4.05. The van der Waals surface area contributed by atoms with Crippen LogP contribution in [-0.2, 0) is 21.4 Å². The second-order valence-corrected chi connectivity index (χ2v) is 9.87. The van der Waals surface area contributed by atoms with E-state index in [1.54, 1.807) is 10.9 Å². The molecule has 3 heterocycles. The van der Waals surface area contributed by atoms with Crippen LogP contribution in [0.1, 0.15) is 44.6 Å². The van der Waals surface area contributed by atoms with E-state index in [0.29, 0.717) is 32.1 Å². The van der Waals surface area contributed by atoms with Gasteiger partial charge in [-0.05, 0) is 37.6 Å². The van der Waals surface area contributed by atoms with Gasteiger partial charge in [0, 0.05) is 42.6 Å². The van der Waals surface area contributed by atoms with Crippen molar-refractivity contribution in [3.05, 3.63) is 65.6 Å². The van der Waals surface area contributed by atoms with Crippen molar-refractivity contribution in [1.82, 2.24) is 20.1 Å². The largest absolute Gasteiger partial charge is 0.364 e. The Morgan fingerprint density at radius 2 is 2.03 bits per heavy atom. The summed E-state index contributed by atoms with van der Waals surface area (Å²) in [5.74, 6) is 0.587. The second-order valence-electron chi connectivity index (χ2n) is 9.87. The summed E-state index contributed by atoms with van der Waals surface area (Å²) in [6.45, 7) is 13.2. The average molecular weight is 493 g/mol. The van der Waals surface area contributed by atoms with Gasteiger partial charge in [0.1, 0.15) is 5.82 Å². The molecule has 1 unspecified atom stereocenters. The number of anilines is 2. The van der Waals surface area contributed by atoms with Crippen LogP contribution in [0.2, 0.25) is 0 Å². The molecule has 2 amide bonds. The number of morpholine rings is 1. The first-order chi connectivity index (χ1) is 17.2. The molecule has 1 fully saturated rings. The maximum absolute atomic E-state index is 13.0. The summed E-state index contributed by atoms with van der Waals surface area (Å²) in [5, 5.41) is 10.7. The van der Waals surface area contributed by atoms with Crippen LogP contribution < -0.4 is 15.5 Å². The third kappa shape index (κ3) is 6.22. The summed E-state index contributed by atoms with van der Waals surface area (Å²) in [6.07, 6.45) is 1.51. The molecule has 4 rings (SSSR count). The van der Waals surface area contributed by atoms with Crippen molar-refractivity contribution in [3.8, 4) is 5.69 Å². The van der Waals surface area contributed by atoms with E-state index in [-0.39, 0.29) is 17.7 Å². The average Bonchev–Trinajstić information content (AvgIpc) is 3.28. The van der Waals surface area contributed by atoms with Crippen LogP contribution in [-0.4, -0.2) is 53.4 Å². The van der Waals surface area contributed by atoms with E-state index in [1.165, 1.54) is 0 Å². The number of nitrogens with zero attached hydrogens (tertiary/aromatic N) is 4. The SMILES string of the molecule is CCOC1CN(c2ccccc2CNC(=O)Nc2cc(C(C)(C)C)nn2-c2ccc(C)nc2)CCO1. The van der Waals surface area contributed by atoms with Crippen LogP contribution in [0.15, 0.2) is 48.7 Å². The number of pyridine rings is 1. The maximum atomic E-state index is 13.0. The number of amides is 2. The Bertz CT molecular complexity index is 1170. The molecular formula is C27H36N6O3. The first kappa shape index (κ1) is 25.7. The van der Waals surface area contributed by atoms with Crippen molar-refractivity contribution in [1.29, 1.82) is 0 Å². The quantitative estimate of drug-likeness (QED) is 0.508. The van der Waals surface area contributed by atoms with Gasteiger partial charge in [0.15, 0.2) is 6.29 Å². The van der Waals surface area contributed by atoms with Gasteiger partial charge >= 0.3 is 6.03 Å². The number of carbonyl (C=O) groups is 1. The molecule has 36 heavy (non-hydrogen) atoms. The van der Waals surface area contributed by atoms with E-state index in [2.05, 4.69) is 47.4 Å². The van der Waals surface area contributed by atoms with Crippen molar-refractivity contribution in [2.24, 2.45) is 0 Å². The second kappa shape index (κ2) is 11.1. The molecule has 0 radical (unpaired) electrons. The molecule has 3 aromatic rings. The summed E-state index contributed by atoms with van der Waals surface area (Å²) in [7, 11) is 0. The predicted molar refractivity (Wildman–Crippen MR) is 141 cm³/mol. The van der Waals surface area contributed by atoms with Crippen molar-refractivity contribution < 1.29 is 14.3 Å². The lowest BCUT2D eigenvalue weighted by atomic mass is 9.92. The highest BCUT2D eigenvalue weighted by atomic mass is 16.7. The molecular weight excluding hydrogens is 456 g/mol. The lowest BCUT2D eigenvalue weighted by Crippen LogP contribution is -2.44. The summed E-state index contributed by atoms with van der Waals surface area (Å²) in [5.41, 5.74) is 4.49. The lowest BCUT2D eigenvalue weighted by molar-refractivity contribution is -0.143. The standard InChI is InChI=1S/C27H36N6O3/c1-6-35-25-18-32(13-14-36-25)22-10-8-7-9-20(22)16-29-26(34)30-24-15-23(27(3,4)5)31-33(24)21-12-11-19(2)28-17-21/h7-12,15,17,25H,6,13-14,16,18H2,1-5H3,(H2,29,30,34). The van der Waals surface area contributed by atoms with Gasteiger partial charge in [-0.15, -0.1) is 0 Å². The molecule has 1 atom stereocenters. The molecule has 9 nitrogen and oxygen atoms in total. The van der Waals surface area contributed by atoms with Crippen LogP contribution in [0, 0.1) is 6.92 Å². The number of nitrogens with one attached hydrogen (secondary N) is 2. The van der Waals surface area contributed by atoms with Gasteiger partial charge in [-0.25, -0.2) is 9.48 Å². The molecule has 0 spiro atoms. The van der Waals surface area contributed by atoms with E-state index in [4.69, 9.17) is 14.6 Å². The number of para-hydroxylation sites is 1. The van der Waals surface area contributed by atoms with Gasteiger partial charge in [-0.2, -0.15) is 5.10 Å². The van der Waals surface area contributed by atoms with Gasteiger partial charge in [0.05, 0.1) is 30.7 Å². The molecule has 1 aliphatic heterocycles. The zero-order valence-electron chi connectivity index (χ0n) is 21.7. The highest BCUT2D eigenvalue weighted by Gasteiger charge is 2.24. The van der Waals surface area contributed by atoms with Crippen molar-refractivity contribution in [2.75, 3.05) is 36.5 Å². The number of urea groups is 1. The molecule has 192 valence electrons. The highest BCUT2D eigenvalue weighted by molar-refractivity contribution is 5.88. The number of hydrogen-bond donors (Lipinski definition) is 2. The molecule has 1 aliphatic rings. The number of rotatable bonds is 7. The molecule has 1 saturated heterocycles. The normalized spacial score (nSPS) is 16.1. The highest BCUT2D eigenvalue weighted by Crippen LogP contribution is 2.27. The van der Waals surface area contributed by atoms with Gasteiger partial charge in [0.25, 0.3) is 0 Å². The van der Waals surface area contributed by atoms with E-state index >= 15 is 0 Å². The minimum absolute atomic E-state index is 0.174. The number of hydrogen-bond acceptors (Lipinski definition) is 6. The summed E-state index contributed by atoms with van der Waals surface area (Å²) < 4.78 is 13.1. The molecule has 2 aromatic heterocycles. The minimum Gasteiger partial charge on any atom is -0.364 e. The van der Waals surface area contributed by atoms with Crippen LogP contribution in [0.5, 0.6) is 0 Å². The summed E-state index contributed by atoms with van der Waals surface area (Å²) in [4.78, 5) is 19.6. The van der Waals surface area contributed by atoms with E-state index in [0.717, 1.165) is 34.9 Å². The number of carbonyl (C=O) groups excluding carboxylic acids is 1. The van der Waals surface area contributed by atoms with Gasteiger partial charge in [0.2, 0.25) is 0 Å². The molecule has 2 N–H and O–H groups in total. The van der Waals surface area contributed by atoms with E-state index in [1.807, 2.05) is 50.2 Å². The first-order valence-electron chi connectivity index (χ1n) is 12.4. The fraction of sp³-hybridized carbons (Fsp3) is 0.444. The number of ether oxygens (including phenoxy) is 2. The molecule has 0 aliphatic carbocycles. The Kier molecular flexibility index (Phi) is 7.91. The van der Waals surface area contributed by atoms with Crippen LogP contribution in [0.4, 0.5) is 16.3 Å². The third-order valence-electron chi connectivity index (χ3n) is 6.02. The summed E-state index contributed by atoms with van der Waals surface area (Å²) in [6, 6.07) is 13.6. The van der Waals surface area contributed by atoms with Gasteiger partial charge < -0.3 is 19.7 Å². The zero-order chi connectivity index (χ0) is 25.7. The van der Waals surface area contributed by atoms with Crippen LogP contribution in [0.25, 0.3) is 5.69 Å². The molecule has 9 heteroatoms. The Morgan fingerprint density at radius 3 is 2.75 bits per heavy atom. The number of aromatic nitrogens is 3. The van der Waals surface area contributed by atoms with Gasteiger partial charge in [-0.1, -0.05) is 39.0 Å². The van der Waals surface area contributed by atoms with Crippen molar-refractivity contribution in [3.63, 3.8) is 0 Å². The van der Waals surface area contributed by atoms with Crippen molar-refractivity contribution in [2.45, 2.75) is 52.9 Å². The predicted octanol–water partition coefficient (Wildman–Crippen LogP) is 4.39. The third-order valence-corrected chi connectivity index (χ3v) is 6.02. The smallest absolute Gasteiger partial charge is 0.320 e. The maximum Gasteiger partial charge on any atom is 0.320 e. The molecule has 0 bridgehead atoms. The van der Waals surface area contributed by atoms with Crippen LogP contribution in [0.3, 0.4) is 0 Å². The first-order valence-corrected chi connectivity index (χ1v) is 12.4. The number of aryl methyl sites for hydroxylation is 1. The van der Waals surface area contributed by atoms with E-state index in [9.17, 15) is 4.79 Å². The minimum atomic E-state index is -0.305. The Labute approximate surface area is 212 Å². The molecule has 0 saturated carbocycles. The number of benzene rings is 1. The van der Waals surface area contributed by atoms with Gasteiger partial charge in [-0.3, -0.25) is 10.3 Å². The van der Waals surface area contributed by atoms with Crippen LogP contribution >= 0.6 is 0 Å². The zero-order valence-corrected chi connectivity index (χ0v) is 21.7. The lowest BCUT2D eigenvalue weighted by Gasteiger charge is -2.35. The topological polar surface area (TPSA) is 93.5 Å². The van der Waals surface area contributed by atoms with Crippen molar-refractivity contribution >= 4 is 17.5 Å². The Balaban J connectivity index is 1.48. The Hall–Kier alpha value is -3.43. The monoisotopic (exact) mass is 492 g/mol.